The third-order valence-corrected chi connectivity index (χ3v) is 2.52. The van der Waals surface area contributed by atoms with Crippen molar-refractivity contribution in [2.45, 2.75) is 39.2 Å². The normalized spacial score (nSPS) is 17.4. The molecule has 1 rings (SSSR count). The van der Waals surface area contributed by atoms with Crippen molar-refractivity contribution in [2.24, 2.45) is 0 Å². The van der Waals surface area contributed by atoms with Gasteiger partial charge in [-0.3, -0.25) is 4.90 Å². The van der Waals surface area contributed by atoms with E-state index in [0.29, 0.717) is 6.54 Å². The zero-order chi connectivity index (χ0) is 12.9. The van der Waals surface area contributed by atoms with Crippen LogP contribution in [0, 0.1) is 11.3 Å². The van der Waals surface area contributed by atoms with E-state index in [9.17, 15) is 4.79 Å². The fourth-order valence-corrected chi connectivity index (χ4v) is 1.74. The summed E-state index contributed by atoms with van der Waals surface area (Å²) in [6.45, 7) is 7.75. The second-order valence-electron chi connectivity index (χ2n) is 5.27. The van der Waals surface area contributed by atoms with Crippen molar-refractivity contribution < 1.29 is 9.53 Å². The smallest absolute Gasteiger partial charge is 0.331 e. The number of likely N-dealkylation sites (tertiary alicyclic amines) is 1. The molecular weight excluding hydrogens is 216 g/mol. The van der Waals surface area contributed by atoms with Crippen molar-refractivity contribution in [1.82, 2.24) is 4.90 Å². The second kappa shape index (κ2) is 5.83. The zero-order valence-electron chi connectivity index (χ0n) is 10.8. The molecule has 1 fully saturated rings. The zero-order valence-corrected chi connectivity index (χ0v) is 10.8. The van der Waals surface area contributed by atoms with E-state index in [1.807, 2.05) is 20.8 Å². The minimum Gasteiger partial charge on any atom is -0.457 e. The SMILES string of the molecule is CC(C)(C)OC(=O)C=C1CCN(CC#N)CC1. The lowest BCUT2D eigenvalue weighted by Gasteiger charge is -2.26. The van der Waals surface area contributed by atoms with Crippen molar-refractivity contribution in [3.05, 3.63) is 11.6 Å². The van der Waals surface area contributed by atoms with Crippen molar-refractivity contribution in [3.8, 4) is 6.07 Å². The van der Waals surface area contributed by atoms with E-state index in [4.69, 9.17) is 10.00 Å². The Labute approximate surface area is 103 Å². The summed E-state index contributed by atoms with van der Waals surface area (Å²) in [5.74, 6) is -0.263. The molecule has 1 heterocycles. The molecule has 4 nitrogen and oxygen atoms in total. The first-order valence-corrected chi connectivity index (χ1v) is 5.92. The molecule has 0 spiro atoms. The summed E-state index contributed by atoms with van der Waals surface area (Å²) in [5.41, 5.74) is 0.684. The number of ether oxygens (including phenoxy) is 1. The van der Waals surface area contributed by atoms with Gasteiger partial charge in [0.15, 0.2) is 0 Å². The molecule has 0 aliphatic carbocycles. The summed E-state index contributed by atoms with van der Waals surface area (Å²) < 4.78 is 5.23. The largest absolute Gasteiger partial charge is 0.457 e. The van der Waals surface area contributed by atoms with Gasteiger partial charge >= 0.3 is 5.97 Å². The van der Waals surface area contributed by atoms with Crippen molar-refractivity contribution in [1.29, 1.82) is 5.26 Å². The maximum Gasteiger partial charge on any atom is 0.331 e. The number of hydrogen-bond acceptors (Lipinski definition) is 4. The van der Waals surface area contributed by atoms with Crippen molar-refractivity contribution >= 4 is 5.97 Å². The highest BCUT2D eigenvalue weighted by Crippen LogP contribution is 2.17. The van der Waals surface area contributed by atoms with E-state index in [1.165, 1.54) is 0 Å². The van der Waals surface area contributed by atoms with E-state index in [1.54, 1.807) is 6.08 Å². The topological polar surface area (TPSA) is 53.3 Å². The maximum atomic E-state index is 11.6. The first kappa shape index (κ1) is 13.7. The molecule has 17 heavy (non-hydrogen) atoms. The molecule has 1 saturated heterocycles. The van der Waals surface area contributed by atoms with Crippen LogP contribution in [0.3, 0.4) is 0 Å². The van der Waals surface area contributed by atoms with Gasteiger partial charge in [0, 0.05) is 19.2 Å². The van der Waals surface area contributed by atoms with Gasteiger partial charge < -0.3 is 4.74 Å². The molecule has 0 amide bonds. The second-order valence-corrected chi connectivity index (χ2v) is 5.27. The molecule has 0 unspecified atom stereocenters. The molecule has 4 heteroatoms. The van der Waals surface area contributed by atoms with Gasteiger partial charge in [0.2, 0.25) is 0 Å². The monoisotopic (exact) mass is 236 g/mol. The highest BCUT2D eigenvalue weighted by atomic mass is 16.6. The van der Waals surface area contributed by atoms with Gasteiger partial charge in [-0.1, -0.05) is 5.57 Å². The van der Waals surface area contributed by atoms with Gasteiger partial charge in [0.1, 0.15) is 5.60 Å². The lowest BCUT2D eigenvalue weighted by molar-refractivity contribution is -0.148. The molecule has 0 radical (unpaired) electrons. The van der Waals surface area contributed by atoms with Crippen LogP contribution >= 0.6 is 0 Å². The Morgan fingerprint density at radius 3 is 2.53 bits per heavy atom. The number of nitriles is 1. The van der Waals surface area contributed by atoms with Gasteiger partial charge in [0.05, 0.1) is 12.6 Å². The summed E-state index contributed by atoms with van der Waals surface area (Å²) in [7, 11) is 0. The van der Waals surface area contributed by atoms with Gasteiger partial charge in [0.25, 0.3) is 0 Å². The third kappa shape index (κ3) is 5.50. The molecule has 94 valence electrons. The fraction of sp³-hybridized carbons (Fsp3) is 0.692. The van der Waals surface area contributed by atoms with Crippen LogP contribution in [-0.4, -0.2) is 36.1 Å². The van der Waals surface area contributed by atoms with Crippen LogP contribution in [-0.2, 0) is 9.53 Å². The van der Waals surface area contributed by atoms with E-state index >= 15 is 0 Å². The Hall–Kier alpha value is -1.34. The average Bonchev–Trinajstić information content (AvgIpc) is 2.18. The number of piperidine rings is 1. The van der Waals surface area contributed by atoms with Crippen LogP contribution in [0.5, 0.6) is 0 Å². The Bertz CT molecular complexity index is 337. The molecule has 0 aromatic rings. The molecule has 0 N–H and O–H groups in total. The molecule has 0 atom stereocenters. The molecule has 1 aliphatic rings. The van der Waals surface area contributed by atoms with E-state index in [2.05, 4.69) is 11.0 Å². The highest BCUT2D eigenvalue weighted by molar-refractivity contribution is 5.83. The molecule has 0 saturated carbocycles. The van der Waals surface area contributed by atoms with Crippen LogP contribution < -0.4 is 0 Å². The summed E-state index contributed by atoms with van der Waals surface area (Å²) >= 11 is 0. The molecule has 0 aromatic carbocycles. The minimum absolute atomic E-state index is 0.263. The summed E-state index contributed by atoms with van der Waals surface area (Å²) in [4.78, 5) is 13.7. The quantitative estimate of drug-likeness (QED) is 0.417. The maximum absolute atomic E-state index is 11.6. The van der Waals surface area contributed by atoms with E-state index in [0.717, 1.165) is 31.5 Å². The Morgan fingerprint density at radius 1 is 1.47 bits per heavy atom. The highest BCUT2D eigenvalue weighted by Gasteiger charge is 2.17. The Kier molecular flexibility index (Phi) is 4.71. The van der Waals surface area contributed by atoms with Crippen molar-refractivity contribution in [2.75, 3.05) is 19.6 Å². The Morgan fingerprint density at radius 2 is 2.06 bits per heavy atom. The van der Waals surface area contributed by atoms with Gasteiger partial charge in [-0.25, -0.2) is 4.79 Å². The number of carbonyl (C=O) groups excluding carboxylic acids is 1. The van der Waals surface area contributed by atoms with Gasteiger partial charge in [-0.2, -0.15) is 5.26 Å². The average molecular weight is 236 g/mol. The number of carbonyl (C=O) groups is 1. The predicted octanol–water partition coefficient (Wildman–Crippen LogP) is 1.87. The van der Waals surface area contributed by atoms with Gasteiger partial charge in [-0.15, -0.1) is 0 Å². The number of nitrogens with zero attached hydrogens (tertiary/aromatic N) is 2. The van der Waals surface area contributed by atoms with E-state index < -0.39 is 5.60 Å². The van der Waals surface area contributed by atoms with Crippen LogP contribution in [0.1, 0.15) is 33.6 Å². The molecule has 1 aliphatic heterocycles. The van der Waals surface area contributed by atoms with Crippen molar-refractivity contribution in [3.63, 3.8) is 0 Å². The Balaban J connectivity index is 2.43. The molecule has 0 aromatic heterocycles. The number of hydrogen-bond donors (Lipinski definition) is 0. The van der Waals surface area contributed by atoms with Crippen LogP contribution in [0.15, 0.2) is 11.6 Å². The molecule has 0 bridgehead atoms. The summed E-state index contributed by atoms with van der Waals surface area (Å²) in [6, 6.07) is 2.14. The van der Waals surface area contributed by atoms with Crippen LogP contribution in [0.4, 0.5) is 0 Å². The summed E-state index contributed by atoms with van der Waals surface area (Å²) in [6.07, 6.45) is 3.30. The summed E-state index contributed by atoms with van der Waals surface area (Å²) in [5, 5.41) is 8.58. The number of rotatable bonds is 2. The third-order valence-electron chi connectivity index (χ3n) is 2.52. The molecular formula is C13H20N2O2. The van der Waals surface area contributed by atoms with Gasteiger partial charge in [-0.05, 0) is 33.6 Å². The standard InChI is InChI=1S/C13H20N2O2/c1-13(2,3)17-12(16)10-11-4-7-15(8-5-11)9-6-14/h10H,4-5,7-9H2,1-3H3. The van der Waals surface area contributed by atoms with Crippen LogP contribution in [0.25, 0.3) is 0 Å². The van der Waals surface area contributed by atoms with E-state index in [-0.39, 0.29) is 5.97 Å². The lowest BCUT2D eigenvalue weighted by Crippen LogP contribution is -2.31. The van der Waals surface area contributed by atoms with Crippen LogP contribution in [0.2, 0.25) is 0 Å². The minimum atomic E-state index is -0.435. The fourth-order valence-electron chi connectivity index (χ4n) is 1.74. The first-order valence-electron chi connectivity index (χ1n) is 5.92. The predicted molar refractivity (Wildman–Crippen MR) is 65.2 cm³/mol. The number of esters is 1. The first-order chi connectivity index (χ1) is 7.90. The lowest BCUT2D eigenvalue weighted by atomic mass is 10.0.